The smallest absolute Gasteiger partial charge is 0.275 e. The lowest BCUT2D eigenvalue weighted by Crippen LogP contribution is -2.22. The van der Waals surface area contributed by atoms with Crippen molar-refractivity contribution in [3.05, 3.63) is 82.5 Å². The number of fused-ring (bicyclic) bond motifs is 1. The third-order valence-corrected chi connectivity index (χ3v) is 5.24. The maximum absolute atomic E-state index is 12.3. The van der Waals surface area contributed by atoms with Crippen molar-refractivity contribution in [3.8, 4) is 22.5 Å². The van der Waals surface area contributed by atoms with E-state index in [2.05, 4.69) is 66.5 Å². The summed E-state index contributed by atoms with van der Waals surface area (Å²) < 4.78 is 3.40. The first-order valence-electron chi connectivity index (χ1n) is 10.1. The van der Waals surface area contributed by atoms with Crippen LogP contribution in [0.2, 0.25) is 0 Å². The van der Waals surface area contributed by atoms with Gasteiger partial charge in [0.25, 0.3) is 5.56 Å². The van der Waals surface area contributed by atoms with E-state index < -0.39 is 0 Å². The van der Waals surface area contributed by atoms with Gasteiger partial charge in [-0.1, -0.05) is 61.9 Å². The molecule has 31 heavy (non-hydrogen) atoms. The van der Waals surface area contributed by atoms with Crippen LogP contribution in [0.1, 0.15) is 24.6 Å². The van der Waals surface area contributed by atoms with Crippen molar-refractivity contribution in [2.45, 2.75) is 26.3 Å². The summed E-state index contributed by atoms with van der Waals surface area (Å²) in [6, 6.07) is 18.0. The Balaban J connectivity index is 1.51. The van der Waals surface area contributed by atoms with E-state index >= 15 is 0 Å². The molecule has 0 fully saturated rings. The number of H-pyrrole nitrogens is 1. The lowest BCUT2D eigenvalue weighted by atomic mass is 9.98. The maximum Gasteiger partial charge on any atom is 0.275 e. The first-order chi connectivity index (χ1) is 15.2. The number of nitrogens with zero attached hydrogens (tertiary/aromatic N) is 7. The van der Waals surface area contributed by atoms with Gasteiger partial charge in [0.1, 0.15) is 6.33 Å². The van der Waals surface area contributed by atoms with Crippen molar-refractivity contribution < 1.29 is 0 Å². The second-order valence-corrected chi connectivity index (χ2v) is 7.26. The summed E-state index contributed by atoms with van der Waals surface area (Å²) in [6.07, 6.45) is 3.16. The number of nitrogens with one attached hydrogen (secondary N) is 1. The van der Waals surface area contributed by atoms with Gasteiger partial charge < -0.3 is 4.57 Å². The number of benzene rings is 2. The van der Waals surface area contributed by atoms with Gasteiger partial charge >= 0.3 is 0 Å². The summed E-state index contributed by atoms with van der Waals surface area (Å²) in [4.78, 5) is 16.6. The molecule has 3 heterocycles. The first-order valence-corrected chi connectivity index (χ1v) is 10.1. The molecule has 3 aromatic heterocycles. The largest absolute Gasteiger partial charge is 0.310 e. The SMILES string of the molecule is CCCc1cc(=O)n2ncnc2n1Cc1ccc(-c2ccccc2-c2nn[nH]n2)cc1. The van der Waals surface area contributed by atoms with Crippen molar-refractivity contribution in [2.24, 2.45) is 0 Å². The summed E-state index contributed by atoms with van der Waals surface area (Å²) in [5.74, 6) is 1.12. The second-order valence-electron chi connectivity index (χ2n) is 7.26. The molecule has 154 valence electrons. The number of aromatic nitrogens is 8. The zero-order valence-corrected chi connectivity index (χ0v) is 16.9. The van der Waals surface area contributed by atoms with E-state index in [1.54, 1.807) is 6.07 Å². The molecule has 0 amide bonds. The number of aromatic amines is 1. The van der Waals surface area contributed by atoms with Crippen molar-refractivity contribution in [1.29, 1.82) is 0 Å². The molecule has 0 saturated carbocycles. The van der Waals surface area contributed by atoms with Gasteiger partial charge in [-0.2, -0.15) is 19.8 Å². The van der Waals surface area contributed by atoms with Gasteiger partial charge in [0.2, 0.25) is 11.6 Å². The third-order valence-electron chi connectivity index (χ3n) is 5.24. The molecule has 0 atom stereocenters. The van der Waals surface area contributed by atoms with Crippen LogP contribution < -0.4 is 5.56 Å². The monoisotopic (exact) mass is 412 g/mol. The highest BCUT2D eigenvalue weighted by Crippen LogP contribution is 2.29. The molecule has 0 aliphatic heterocycles. The molecule has 0 aliphatic carbocycles. The van der Waals surface area contributed by atoms with Crippen LogP contribution in [0.3, 0.4) is 0 Å². The predicted molar refractivity (Wildman–Crippen MR) is 115 cm³/mol. The third kappa shape index (κ3) is 3.50. The predicted octanol–water partition coefficient (Wildman–Crippen LogP) is 2.74. The van der Waals surface area contributed by atoms with Crippen LogP contribution in [0, 0.1) is 0 Å². The van der Waals surface area contributed by atoms with E-state index in [4.69, 9.17) is 0 Å². The fraction of sp³-hybridized carbons (Fsp3) is 0.182. The van der Waals surface area contributed by atoms with Crippen LogP contribution in [-0.2, 0) is 13.0 Å². The van der Waals surface area contributed by atoms with Gasteiger partial charge in [0, 0.05) is 17.3 Å². The average Bonchev–Trinajstić information content (AvgIpc) is 3.50. The van der Waals surface area contributed by atoms with Crippen LogP contribution in [0.25, 0.3) is 28.3 Å². The highest BCUT2D eigenvalue weighted by atomic mass is 16.1. The van der Waals surface area contributed by atoms with Crippen LogP contribution in [-0.4, -0.2) is 39.8 Å². The van der Waals surface area contributed by atoms with Crippen LogP contribution in [0.5, 0.6) is 0 Å². The Hall–Kier alpha value is -4.14. The molecule has 0 saturated heterocycles. The fourth-order valence-electron chi connectivity index (χ4n) is 3.80. The molecule has 2 aromatic carbocycles. The van der Waals surface area contributed by atoms with E-state index in [1.807, 2.05) is 24.3 Å². The number of tetrazole rings is 1. The second kappa shape index (κ2) is 7.94. The van der Waals surface area contributed by atoms with E-state index in [0.717, 1.165) is 40.8 Å². The number of rotatable bonds is 6. The van der Waals surface area contributed by atoms with Crippen molar-refractivity contribution in [3.63, 3.8) is 0 Å². The van der Waals surface area contributed by atoms with E-state index in [-0.39, 0.29) is 5.56 Å². The standard InChI is InChI=1S/C22H20N8O/c1-2-5-17-12-20(31)30-22(23-14-24-30)29(17)13-15-8-10-16(11-9-15)18-6-3-4-7-19(18)21-25-27-28-26-21/h3-4,6-12,14H,2,5,13H2,1H3,(H,25,26,27,28). The summed E-state index contributed by atoms with van der Waals surface area (Å²) in [6.45, 7) is 2.70. The van der Waals surface area contributed by atoms with Crippen molar-refractivity contribution >= 4 is 5.78 Å². The molecule has 5 aromatic rings. The van der Waals surface area contributed by atoms with E-state index in [1.165, 1.54) is 10.8 Å². The summed E-state index contributed by atoms with van der Waals surface area (Å²) in [5, 5.41) is 18.5. The average molecular weight is 412 g/mol. The Bertz CT molecular complexity index is 1380. The number of hydrogen-bond acceptors (Lipinski definition) is 6. The molecule has 9 heteroatoms. The van der Waals surface area contributed by atoms with Gasteiger partial charge in [-0.3, -0.25) is 4.79 Å². The molecule has 0 bridgehead atoms. The zero-order valence-electron chi connectivity index (χ0n) is 16.9. The van der Waals surface area contributed by atoms with Gasteiger partial charge in [0.05, 0.1) is 6.54 Å². The first kappa shape index (κ1) is 18.9. The van der Waals surface area contributed by atoms with Crippen molar-refractivity contribution in [2.75, 3.05) is 0 Å². The van der Waals surface area contributed by atoms with E-state index in [0.29, 0.717) is 18.1 Å². The minimum absolute atomic E-state index is 0.152. The zero-order chi connectivity index (χ0) is 21.2. The van der Waals surface area contributed by atoms with Crippen molar-refractivity contribution in [1.82, 2.24) is 39.8 Å². The van der Waals surface area contributed by atoms with Gasteiger partial charge in [-0.15, -0.1) is 10.2 Å². The molecule has 1 N–H and O–H groups in total. The highest BCUT2D eigenvalue weighted by molar-refractivity contribution is 5.80. The molecule has 0 unspecified atom stereocenters. The molecule has 5 rings (SSSR count). The van der Waals surface area contributed by atoms with Gasteiger partial charge in [0.15, 0.2) is 0 Å². The molecule has 9 nitrogen and oxygen atoms in total. The molecular formula is C22H20N8O. The maximum atomic E-state index is 12.3. The molecule has 0 aliphatic rings. The number of aryl methyl sites for hydroxylation is 1. The minimum atomic E-state index is -0.152. The van der Waals surface area contributed by atoms with Crippen LogP contribution >= 0.6 is 0 Å². The lowest BCUT2D eigenvalue weighted by Gasteiger charge is -2.14. The quantitative estimate of drug-likeness (QED) is 0.460. The van der Waals surface area contributed by atoms with Crippen LogP contribution in [0.4, 0.5) is 0 Å². The van der Waals surface area contributed by atoms with Gasteiger partial charge in [-0.05, 0) is 28.3 Å². The van der Waals surface area contributed by atoms with E-state index in [9.17, 15) is 4.79 Å². The topological polar surface area (TPSA) is 107 Å². The fourth-order valence-corrected chi connectivity index (χ4v) is 3.80. The minimum Gasteiger partial charge on any atom is -0.310 e. The Morgan fingerprint density at radius 1 is 1.03 bits per heavy atom. The Morgan fingerprint density at radius 2 is 1.84 bits per heavy atom. The molecule has 0 spiro atoms. The molecule has 0 radical (unpaired) electrons. The summed E-state index contributed by atoms with van der Waals surface area (Å²) in [5.41, 5.74) is 4.92. The Labute approximate surface area is 177 Å². The number of hydrogen-bond donors (Lipinski definition) is 1. The summed E-state index contributed by atoms with van der Waals surface area (Å²) in [7, 11) is 0. The Morgan fingerprint density at radius 3 is 2.58 bits per heavy atom. The Kier molecular flexibility index (Phi) is 4.83. The molecular weight excluding hydrogens is 392 g/mol. The van der Waals surface area contributed by atoms with Gasteiger partial charge in [-0.25, -0.2) is 0 Å². The van der Waals surface area contributed by atoms with Crippen LogP contribution in [0.15, 0.2) is 65.7 Å². The normalized spacial score (nSPS) is 11.3. The summed E-state index contributed by atoms with van der Waals surface area (Å²) >= 11 is 0. The highest BCUT2D eigenvalue weighted by Gasteiger charge is 2.13. The lowest BCUT2D eigenvalue weighted by molar-refractivity contribution is 0.691.